The maximum Gasteiger partial charge on any atom is 0.0642 e. The van der Waals surface area contributed by atoms with Crippen LogP contribution in [0, 0.1) is 5.92 Å². The number of rotatable bonds is 2. The molecule has 1 aromatic rings. The van der Waals surface area contributed by atoms with Gasteiger partial charge in [0.05, 0.1) is 10.7 Å². The fourth-order valence-corrected chi connectivity index (χ4v) is 3.94. The van der Waals surface area contributed by atoms with Gasteiger partial charge in [0.1, 0.15) is 0 Å². The van der Waals surface area contributed by atoms with Gasteiger partial charge in [0.25, 0.3) is 0 Å². The first-order valence-electron chi connectivity index (χ1n) is 5.89. The van der Waals surface area contributed by atoms with Crippen molar-refractivity contribution in [2.75, 3.05) is 11.4 Å². The second-order valence-electron chi connectivity index (χ2n) is 4.87. The van der Waals surface area contributed by atoms with E-state index in [4.69, 9.17) is 11.6 Å². The number of anilines is 1. The number of alkyl halides is 1. The van der Waals surface area contributed by atoms with Crippen LogP contribution >= 0.6 is 27.5 Å². The molecule has 1 aromatic carbocycles. The van der Waals surface area contributed by atoms with Gasteiger partial charge in [-0.15, -0.1) is 0 Å². The van der Waals surface area contributed by atoms with E-state index < -0.39 is 0 Å². The third-order valence-corrected chi connectivity index (χ3v) is 4.82. The van der Waals surface area contributed by atoms with Gasteiger partial charge in [-0.25, -0.2) is 0 Å². The molecule has 2 unspecified atom stereocenters. The van der Waals surface area contributed by atoms with Crippen LogP contribution in [0.2, 0.25) is 5.02 Å². The highest BCUT2D eigenvalue weighted by atomic mass is 79.9. The summed E-state index contributed by atoms with van der Waals surface area (Å²) in [7, 11) is 0. The highest BCUT2D eigenvalue weighted by Crippen LogP contribution is 2.44. The molecule has 86 valence electrons. The Morgan fingerprint density at radius 3 is 2.88 bits per heavy atom. The highest BCUT2D eigenvalue weighted by molar-refractivity contribution is 9.08. The van der Waals surface area contributed by atoms with E-state index >= 15 is 0 Å². The molecule has 0 radical (unpaired) electrons. The maximum absolute atomic E-state index is 6.36. The maximum atomic E-state index is 6.36. The molecule has 1 saturated carbocycles. The molecule has 2 aliphatic rings. The Bertz CT molecular complexity index is 407. The van der Waals surface area contributed by atoms with Crippen LogP contribution in [0.15, 0.2) is 18.2 Å². The van der Waals surface area contributed by atoms with E-state index in [0.717, 1.165) is 22.3 Å². The van der Waals surface area contributed by atoms with Crippen LogP contribution in [-0.2, 0) is 5.33 Å². The fourth-order valence-electron chi connectivity index (χ4n) is 3.19. The van der Waals surface area contributed by atoms with Gasteiger partial charge in [0, 0.05) is 17.9 Å². The van der Waals surface area contributed by atoms with Gasteiger partial charge in [-0.3, -0.25) is 0 Å². The number of hydrogen-bond donors (Lipinski definition) is 0. The lowest BCUT2D eigenvalue weighted by atomic mass is 10.1. The largest absolute Gasteiger partial charge is 0.367 e. The van der Waals surface area contributed by atoms with Crippen molar-refractivity contribution in [3.8, 4) is 0 Å². The minimum Gasteiger partial charge on any atom is -0.367 e. The highest BCUT2D eigenvalue weighted by Gasteiger charge is 2.39. The minimum atomic E-state index is 0.739. The van der Waals surface area contributed by atoms with Crippen LogP contribution in [0.25, 0.3) is 0 Å². The van der Waals surface area contributed by atoms with Crippen LogP contribution in [-0.4, -0.2) is 12.6 Å². The van der Waals surface area contributed by atoms with Gasteiger partial charge in [-0.2, -0.15) is 0 Å². The third kappa shape index (κ3) is 1.67. The molecule has 0 aromatic heterocycles. The summed E-state index contributed by atoms with van der Waals surface area (Å²) in [5.41, 5.74) is 2.59. The molecule has 16 heavy (non-hydrogen) atoms. The molecule has 1 heterocycles. The van der Waals surface area contributed by atoms with E-state index in [2.05, 4.69) is 26.9 Å². The third-order valence-electron chi connectivity index (χ3n) is 3.91. The second kappa shape index (κ2) is 4.23. The molecule has 2 bridgehead atoms. The Balaban J connectivity index is 1.99. The molecular weight excluding hydrogens is 286 g/mol. The zero-order chi connectivity index (χ0) is 11.1. The Labute approximate surface area is 110 Å². The summed E-state index contributed by atoms with van der Waals surface area (Å²) >= 11 is 9.92. The number of halogens is 2. The molecule has 2 fully saturated rings. The van der Waals surface area contributed by atoms with Gasteiger partial charge >= 0.3 is 0 Å². The second-order valence-corrected chi connectivity index (χ2v) is 5.83. The molecule has 3 heteroatoms. The number of para-hydroxylation sites is 1. The molecule has 0 N–H and O–H groups in total. The average Bonchev–Trinajstić information content (AvgIpc) is 2.90. The van der Waals surface area contributed by atoms with Crippen LogP contribution < -0.4 is 4.90 Å². The van der Waals surface area contributed by atoms with E-state index in [-0.39, 0.29) is 0 Å². The standard InChI is InChI=1S/C13H15BrClN/c14-7-10-2-1-3-12(15)13(10)16-8-9-4-5-11(16)6-9/h1-3,9,11H,4-8H2. The summed E-state index contributed by atoms with van der Waals surface area (Å²) in [6, 6.07) is 6.95. The van der Waals surface area contributed by atoms with Crippen LogP contribution in [0.5, 0.6) is 0 Å². The molecular formula is C13H15BrClN. The van der Waals surface area contributed by atoms with E-state index in [9.17, 15) is 0 Å². The zero-order valence-electron chi connectivity index (χ0n) is 9.13. The van der Waals surface area contributed by atoms with Crippen LogP contribution in [0.3, 0.4) is 0 Å². The first kappa shape index (κ1) is 10.9. The lowest BCUT2D eigenvalue weighted by molar-refractivity contribution is 0.553. The fraction of sp³-hybridized carbons (Fsp3) is 0.538. The lowest BCUT2D eigenvalue weighted by Gasteiger charge is -2.31. The molecule has 1 aliphatic heterocycles. The van der Waals surface area contributed by atoms with Crippen molar-refractivity contribution in [2.24, 2.45) is 5.92 Å². The zero-order valence-corrected chi connectivity index (χ0v) is 11.5. The Morgan fingerprint density at radius 2 is 2.25 bits per heavy atom. The Kier molecular flexibility index (Phi) is 2.88. The molecule has 1 aliphatic carbocycles. The molecule has 1 saturated heterocycles. The van der Waals surface area contributed by atoms with Crippen molar-refractivity contribution in [3.63, 3.8) is 0 Å². The summed E-state index contributed by atoms with van der Waals surface area (Å²) in [6.07, 6.45) is 4.12. The van der Waals surface area contributed by atoms with E-state index in [1.54, 1.807) is 0 Å². The molecule has 1 nitrogen and oxygen atoms in total. The van der Waals surface area contributed by atoms with Crippen molar-refractivity contribution in [2.45, 2.75) is 30.6 Å². The monoisotopic (exact) mass is 299 g/mol. The first-order chi connectivity index (χ1) is 7.79. The lowest BCUT2D eigenvalue weighted by Crippen LogP contribution is -2.32. The number of piperidine rings is 1. The van der Waals surface area contributed by atoms with E-state index in [0.29, 0.717) is 0 Å². The summed E-state index contributed by atoms with van der Waals surface area (Å²) in [4.78, 5) is 2.53. The molecule has 0 spiro atoms. The van der Waals surface area contributed by atoms with Crippen molar-refractivity contribution < 1.29 is 0 Å². The smallest absolute Gasteiger partial charge is 0.0642 e. The van der Waals surface area contributed by atoms with Gasteiger partial charge in [0.15, 0.2) is 0 Å². The Morgan fingerprint density at radius 1 is 1.38 bits per heavy atom. The number of benzene rings is 1. The van der Waals surface area contributed by atoms with Crippen molar-refractivity contribution >= 4 is 33.2 Å². The predicted molar refractivity (Wildman–Crippen MR) is 72.6 cm³/mol. The normalized spacial score (nSPS) is 27.8. The SMILES string of the molecule is Clc1cccc(CBr)c1N1CC2CCC1C2. The topological polar surface area (TPSA) is 3.24 Å². The predicted octanol–water partition coefficient (Wildman–Crippen LogP) is 4.22. The average molecular weight is 301 g/mol. The quantitative estimate of drug-likeness (QED) is 0.739. The first-order valence-corrected chi connectivity index (χ1v) is 7.39. The van der Waals surface area contributed by atoms with E-state index in [1.807, 2.05) is 12.1 Å². The van der Waals surface area contributed by atoms with Crippen molar-refractivity contribution in [3.05, 3.63) is 28.8 Å². The number of fused-ring (bicyclic) bond motifs is 2. The summed E-state index contributed by atoms with van der Waals surface area (Å²) in [6.45, 7) is 1.20. The number of hydrogen-bond acceptors (Lipinski definition) is 1. The number of nitrogens with zero attached hydrogens (tertiary/aromatic N) is 1. The van der Waals surface area contributed by atoms with Crippen LogP contribution in [0.1, 0.15) is 24.8 Å². The summed E-state index contributed by atoms with van der Waals surface area (Å²) in [5.74, 6) is 0.907. The summed E-state index contributed by atoms with van der Waals surface area (Å²) in [5, 5.41) is 1.79. The van der Waals surface area contributed by atoms with Crippen LogP contribution in [0.4, 0.5) is 5.69 Å². The molecule has 2 atom stereocenters. The van der Waals surface area contributed by atoms with Gasteiger partial charge in [0.2, 0.25) is 0 Å². The van der Waals surface area contributed by atoms with Gasteiger partial charge in [-0.1, -0.05) is 39.7 Å². The minimum absolute atomic E-state index is 0.739. The van der Waals surface area contributed by atoms with Crippen molar-refractivity contribution in [1.82, 2.24) is 0 Å². The van der Waals surface area contributed by atoms with Crippen molar-refractivity contribution in [1.29, 1.82) is 0 Å². The summed E-state index contributed by atoms with van der Waals surface area (Å²) < 4.78 is 0. The molecule has 0 amide bonds. The van der Waals surface area contributed by atoms with Gasteiger partial charge < -0.3 is 4.90 Å². The van der Waals surface area contributed by atoms with E-state index in [1.165, 1.54) is 37.1 Å². The Hall–Kier alpha value is -0.210. The van der Waals surface area contributed by atoms with Gasteiger partial charge in [-0.05, 0) is 36.8 Å². The molecule has 3 rings (SSSR count).